The van der Waals surface area contributed by atoms with Gasteiger partial charge in [-0.25, -0.2) is 0 Å². The molecule has 2 nitrogen and oxygen atoms in total. The van der Waals surface area contributed by atoms with Crippen molar-refractivity contribution in [1.29, 1.82) is 0 Å². The van der Waals surface area contributed by atoms with Gasteiger partial charge < -0.3 is 10.1 Å². The number of benzene rings is 1. The van der Waals surface area contributed by atoms with Crippen molar-refractivity contribution >= 4 is 0 Å². The molecule has 1 unspecified atom stereocenters. The molecule has 1 fully saturated rings. The fourth-order valence-corrected chi connectivity index (χ4v) is 2.70. The highest BCUT2D eigenvalue weighted by molar-refractivity contribution is 5.27. The molecule has 0 heterocycles. The molecule has 0 spiro atoms. The molecule has 0 aromatic heterocycles. The summed E-state index contributed by atoms with van der Waals surface area (Å²) < 4.78 is 5.17. The summed E-state index contributed by atoms with van der Waals surface area (Å²) in [5.74, 6) is 1.87. The van der Waals surface area contributed by atoms with E-state index in [1.807, 2.05) is 12.1 Å². The van der Waals surface area contributed by atoms with Crippen molar-refractivity contribution in [3.63, 3.8) is 0 Å². The second-order valence-electron chi connectivity index (χ2n) is 5.73. The molecule has 100 valence electrons. The smallest absolute Gasteiger partial charge is 0.118 e. The molecule has 0 radical (unpaired) electrons. The summed E-state index contributed by atoms with van der Waals surface area (Å²) in [6.07, 6.45) is 5.05. The molecule has 2 heteroatoms. The quantitative estimate of drug-likeness (QED) is 0.832. The summed E-state index contributed by atoms with van der Waals surface area (Å²) in [5.41, 5.74) is 1.39. The second kappa shape index (κ2) is 6.24. The Balaban J connectivity index is 1.69. The van der Waals surface area contributed by atoms with E-state index in [1.165, 1.54) is 24.8 Å². The van der Waals surface area contributed by atoms with Crippen molar-refractivity contribution in [3.05, 3.63) is 29.8 Å². The molecule has 1 aliphatic carbocycles. The van der Waals surface area contributed by atoms with Gasteiger partial charge in [-0.15, -0.1) is 0 Å². The van der Waals surface area contributed by atoms with Gasteiger partial charge in [0.25, 0.3) is 0 Å². The highest BCUT2D eigenvalue weighted by atomic mass is 16.5. The number of hydrogen-bond acceptors (Lipinski definition) is 2. The zero-order valence-electron chi connectivity index (χ0n) is 11.8. The van der Waals surface area contributed by atoms with E-state index in [0.717, 1.165) is 24.1 Å². The Morgan fingerprint density at radius 1 is 1.28 bits per heavy atom. The van der Waals surface area contributed by atoms with Gasteiger partial charge in [-0.3, -0.25) is 0 Å². The predicted molar refractivity (Wildman–Crippen MR) is 76.1 cm³/mol. The van der Waals surface area contributed by atoms with E-state index < -0.39 is 0 Å². The maximum absolute atomic E-state index is 5.17. The Kier molecular flexibility index (Phi) is 4.65. The van der Waals surface area contributed by atoms with Gasteiger partial charge >= 0.3 is 0 Å². The van der Waals surface area contributed by atoms with E-state index in [1.54, 1.807) is 7.11 Å². The minimum absolute atomic E-state index is 0.615. The first-order chi connectivity index (χ1) is 8.67. The standard InChI is InChI=1S/C16H25NO/c1-12-10-15(11-12)17-13(2)4-5-14-6-8-16(18-3)9-7-14/h6-9,12-13,15,17H,4-5,10-11H2,1-3H3. The van der Waals surface area contributed by atoms with Crippen LogP contribution in [0, 0.1) is 5.92 Å². The average Bonchev–Trinajstić information content (AvgIpc) is 2.35. The molecule has 2 rings (SSSR count). The minimum atomic E-state index is 0.615. The lowest BCUT2D eigenvalue weighted by Crippen LogP contribution is -2.44. The monoisotopic (exact) mass is 247 g/mol. The summed E-state index contributed by atoms with van der Waals surface area (Å²) in [6, 6.07) is 9.80. The Bertz CT molecular complexity index is 354. The predicted octanol–water partition coefficient (Wildman–Crippen LogP) is 3.40. The SMILES string of the molecule is COc1ccc(CCC(C)NC2CC(C)C2)cc1. The number of aryl methyl sites for hydroxylation is 1. The van der Waals surface area contributed by atoms with Gasteiger partial charge in [-0.1, -0.05) is 19.1 Å². The number of ether oxygens (including phenoxy) is 1. The van der Waals surface area contributed by atoms with Crippen LogP contribution < -0.4 is 10.1 Å². The first-order valence-corrected chi connectivity index (χ1v) is 7.06. The Hall–Kier alpha value is -1.02. The van der Waals surface area contributed by atoms with Gasteiger partial charge in [0.2, 0.25) is 0 Å². The van der Waals surface area contributed by atoms with Crippen LogP contribution in [0.3, 0.4) is 0 Å². The van der Waals surface area contributed by atoms with Crippen molar-refractivity contribution in [2.75, 3.05) is 7.11 Å². The topological polar surface area (TPSA) is 21.3 Å². The molecule has 1 aromatic rings. The van der Waals surface area contributed by atoms with Gasteiger partial charge in [-0.05, 0) is 56.2 Å². The zero-order valence-corrected chi connectivity index (χ0v) is 11.8. The van der Waals surface area contributed by atoms with Crippen LogP contribution in [0.5, 0.6) is 5.75 Å². The third-order valence-electron chi connectivity index (χ3n) is 3.92. The van der Waals surface area contributed by atoms with Crippen LogP contribution in [-0.2, 0) is 6.42 Å². The molecule has 0 amide bonds. The summed E-state index contributed by atoms with van der Waals surface area (Å²) in [7, 11) is 1.71. The minimum Gasteiger partial charge on any atom is -0.497 e. The summed E-state index contributed by atoms with van der Waals surface area (Å²) >= 11 is 0. The molecule has 1 saturated carbocycles. The van der Waals surface area contributed by atoms with E-state index >= 15 is 0 Å². The van der Waals surface area contributed by atoms with E-state index in [9.17, 15) is 0 Å². The number of rotatable bonds is 6. The fourth-order valence-electron chi connectivity index (χ4n) is 2.70. The maximum Gasteiger partial charge on any atom is 0.118 e. The van der Waals surface area contributed by atoms with E-state index in [4.69, 9.17) is 4.74 Å². The molecule has 18 heavy (non-hydrogen) atoms. The van der Waals surface area contributed by atoms with Crippen molar-refractivity contribution in [2.24, 2.45) is 5.92 Å². The van der Waals surface area contributed by atoms with Crippen molar-refractivity contribution in [2.45, 2.75) is 51.6 Å². The Morgan fingerprint density at radius 2 is 1.94 bits per heavy atom. The normalized spacial score (nSPS) is 24.4. The molecule has 1 aliphatic rings. The average molecular weight is 247 g/mol. The largest absolute Gasteiger partial charge is 0.497 e. The van der Waals surface area contributed by atoms with Crippen LogP contribution >= 0.6 is 0 Å². The molecule has 0 saturated heterocycles. The van der Waals surface area contributed by atoms with E-state index in [0.29, 0.717) is 6.04 Å². The molecule has 1 atom stereocenters. The second-order valence-corrected chi connectivity index (χ2v) is 5.73. The summed E-state index contributed by atoms with van der Waals surface area (Å²) in [5, 5.41) is 3.71. The van der Waals surface area contributed by atoms with Gasteiger partial charge in [0.15, 0.2) is 0 Å². The van der Waals surface area contributed by atoms with Gasteiger partial charge in [0.05, 0.1) is 7.11 Å². The lowest BCUT2D eigenvalue weighted by atomic mass is 9.81. The van der Waals surface area contributed by atoms with Gasteiger partial charge in [0, 0.05) is 12.1 Å². The molecule has 0 aliphatic heterocycles. The Morgan fingerprint density at radius 3 is 2.50 bits per heavy atom. The number of nitrogens with one attached hydrogen (secondary N) is 1. The van der Waals surface area contributed by atoms with Crippen LogP contribution in [0.25, 0.3) is 0 Å². The van der Waals surface area contributed by atoms with Gasteiger partial charge in [-0.2, -0.15) is 0 Å². The first-order valence-electron chi connectivity index (χ1n) is 7.06. The molecule has 1 aromatic carbocycles. The summed E-state index contributed by atoms with van der Waals surface area (Å²) in [6.45, 7) is 4.63. The van der Waals surface area contributed by atoms with Crippen molar-refractivity contribution < 1.29 is 4.74 Å². The fraction of sp³-hybridized carbons (Fsp3) is 0.625. The van der Waals surface area contributed by atoms with Crippen LogP contribution in [0.4, 0.5) is 0 Å². The van der Waals surface area contributed by atoms with Crippen LogP contribution in [0.15, 0.2) is 24.3 Å². The molecular formula is C16H25NO. The zero-order chi connectivity index (χ0) is 13.0. The first kappa shape index (κ1) is 13.4. The Labute approximate surface area is 111 Å². The van der Waals surface area contributed by atoms with Crippen LogP contribution in [-0.4, -0.2) is 19.2 Å². The van der Waals surface area contributed by atoms with Crippen LogP contribution in [0.1, 0.15) is 38.7 Å². The number of methoxy groups -OCH3 is 1. The molecule has 1 N–H and O–H groups in total. The van der Waals surface area contributed by atoms with Crippen molar-refractivity contribution in [3.8, 4) is 5.75 Å². The third-order valence-corrected chi connectivity index (χ3v) is 3.92. The highest BCUT2D eigenvalue weighted by Crippen LogP contribution is 2.26. The van der Waals surface area contributed by atoms with E-state index in [-0.39, 0.29) is 0 Å². The third kappa shape index (κ3) is 3.74. The molecular weight excluding hydrogens is 222 g/mol. The highest BCUT2D eigenvalue weighted by Gasteiger charge is 2.25. The van der Waals surface area contributed by atoms with Crippen molar-refractivity contribution in [1.82, 2.24) is 5.32 Å². The summed E-state index contributed by atoms with van der Waals surface area (Å²) in [4.78, 5) is 0. The van der Waals surface area contributed by atoms with Gasteiger partial charge in [0.1, 0.15) is 5.75 Å². The maximum atomic E-state index is 5.17. The lowest BCUT2D eigenvalue weighted by molar-refractivity contribution is 0.223. The van der Waals surface area contributed by atoms with Crippen LogP contribution in [0.2, 0.25) is 0 Å². The molecule has 0 bridgehead atoms. The van der Waals surface area contributed by atoms with E-state index in [2.05, 4.69) is 31.3 Å². The lowest BCUT2D eigenvalue weighted by Gasteiger charge is -2.35. The number of hydrogen-bond donors (Lipinski definition) is 1.